The van der Waals surface area contributed by atoms with Gasteiger partial charge in [-0.1, -0.05) is 18.2 Å². The van der Waals surface area contributed by atoms with Gasteiger partial charge in [0, 0.05) is 19.2 Å². The predicted octanol–water partition coefficient (Wildman–Crippen LogP) is 2.03. The molecule has 0 atom stereocenters. The average molecular weight is 298 g/mol. The third-order valence-electron chi connectivity index (χ3n) is 2.48. The van der Waals surface area contributed by atoms with Crippen LogP contribution in [-0.2, 0) is 16.6 Å². The van der Waals surface area contributed by atoms with Crippen molar-refractivity contribution < 1.29 is 13.2 Å². The molecule has 0 amide bonds. The quantitative estimate of drug-likeness (QED) is 0.616. The van der Waals surface area contributed by atoms with E-state index < -0.39 is 10.2 Å². The molecule has 2 rings (SSSR count). The van der Waals surface area contributed by atoms with Crippen molar-refractivity contribution in [2.24, 2.45) is 4.40 Å². The Bertz CT molecular complexity index is 571. The second-order valence-electron chi connectivity index (χ2n) is 3.78. The average Bonchev–Trinajstić information content (AvgIpc) is 2.94. The zero-order chi connectivity index (χ0) is 13.7. The fourth-order valence-corrected chi connectivity index (χ4v) is 3.30. The number of rotatable bonds is 5. The molecule has 0 saturated carbocycles. The van der Waals surface area contributed by atoms with Gasteiger partial charge in [-0.25, -0.2) is 0 Å². The highest BCUT2D eigenvalue weighted by molar-refractivity contribution is 8.10. The van der Waals surface area contributed by atoms with Gasteiger partial charge in [-0.05, 0) is 35.1 Å². The molecule has 19 heavy (non-hydrogen) atoms. The van der Waals surface area contributed by atoms with Crippen LogP contribution in [0.1, 0.15) is 5.56 Å². The number of methoxy groups -OCH3 is 1. The van der Waals surface area contributed by atoms with Crippen LogP contribution >= 0.6 is 11.9 Å². The first-order valence-corrected chi connectivity index (χ1v) is 7.86. The van der Waals surface area contributed by atoms with Crippen molar-refractivity contribution >= 4 is 28.4 Å². The van der Waals surface area contributed by atoms with Crippen molar-refractivity contribution in [3.8, 4) is 5.75 Å². The van der Waals surface area contributed by atoms with Gasteiger partial charge in [-0.15, -0.1) is 3.71 Å². The summed E-state index contributed by atoms with van der Waals surface area (Å²) in [7, 11) is -1.96. The highest BCUT2D eigenvalue weighted by Gasteiger charge is 2.21. The molecular weight excluding hydrogens is 284 g/mol. The molecule has 1 heterocycles. The molecule has 0 saturated heterocycles. The van der Waals surface area contributed by atoms with Gasteiger partial charge in [-0.3, -0.25) is 0 Å². The van der Waals surface area contributed by atoms with E-state index in [0.717, 1.165) is 23.3 Å². The van der Waals surface area contributed by atoms with Gasteiger partial charge in [0.15, 0.2) is 0 Å². The molecule has 0 aliphatic carbocycles. The molecule has 7 heteroatoms. The van der Waals surface area contributed by atoms with Crippen LogP contribution in [0.3, 0.4) is 0 Å². The zero-order valence-corrected chi connectivity index (χ0v) is 12.0. The summed E-state index contributed by atoms with van der Waals surface area (Å²) in [6.45, 7) is 0.368. The van der Waals surface area contributed by atoms with E-state index >= 15 is 0 Å². The lowest BCUT2D eigenvalue weighted by atomic mass is 10.2. The molecule has 102 valence electrons. The summed E-state index contributed by atoms with van der Waals surface area (Å²) in [6, 6.07) is 7.42. The van der Waals surface area contributed by atoms with Crippen molar-refractivity contribution in [2.45, 2.75) is 6.42 Å². The minimum Gasteiger partial charge on any atom is -0.497 e. The molecule has 0 bridgehead atoms. The Balaban J connectivity index is 1.95. The van der Waals surface area contributed by atoms with Crippen molar-refractivity contribution in [1.29, 1.82) is 0 Å². The molecule has 0 spiro atoms. The Hall–Kier alpha value is -1.31. The van der Waals surface area contributed by atoms with Crippen LogP contribution < -0.4 is 4.74 Å². The number of hydrogen-bond acceptors (Lipinski definition) is 4. The Morgan fingerprint density at radius 3 is 2.74 bits per heavy atom. The van der Waals surface area contributed by atoms with Gasteiger partial charge in [-0.2, -0.15) is 12.8 Å². The second kappa shape index (κ2) is 6.23. The molecule has 1 aromatic rings. The highest BCUT2D eigenvalue weighted by atomic mass is 32.3. The van der Waals surface area contributed by atoms with E-state index in [-0.39, 0.29) is 0 Å². The molecule has 0 unspecified atom stereocenters. The van der Waals surface area contributed by atoms with E-state index in [2.05, 4.69) is 4.40 Å². The number of ether oxygens (including phenoxy) is 1. The van der Waals surface area contributed by atoms with Gasteiger partial charge < -0.3 is 4.74 Å². The second-order valence-corrected chi connectivity index (χ2v) is 6.48. The molecule has 0 N–H and O–H groups in total. The Morgan fingerprint density at radius 1 is 1.42 bits per heavy atom. The Morgan fingerprint density at radius 2 is 2.16 bits per heavy atom. The Kier molecular flexibility index (Phi) is 4.62. The van der Waals surface area contributed by atoms with Crippen LogP contribution in [0.5, 0.6) is 5.75 Å². The highest BCUT2D eigenvalue weighted by Crippen LogP contribution is 2.23. The lowest BCUT2D eigenvalue weighted by Gasteiger charge is -2.08. The van der Waals surface area contributed by atoms with Crippen LogP contribution in [-0.4, -0.2) is 32.0 Å². The van der Waals surface area contributed by atoms with E-state index in [1.54, 1.807) is 18.6 Å². The van der Waals surface area contributed by atoms with Crippen LogP contribution in [0.4, 0.5) is 0 Å². The maximum Gasteiger partial charge on any atom is 0.331 e. The first kappa shape index (κ1) is 14.1. The third kappa shape index (κ3) is 3.82. The zero-order valence-electron chi connectivity index (χ0n) is 10.4. The lowest BCUT2D eigenvalue weighted by molar-refractivity contribution is 0.414. The molecule has 1 aromatic carbocycles. The Labute approximate surface area is 117 Å². The molecular formula is C12H14N2O3S2. The first-order valence-electron chi connectivity index (χ1n) is 5.63. The van der Waals surface area contributed by atoms with Gasteiger partial charge in [0.2, 0.25) is 0 Å². The summed E-state index contributed by atoms with van der Waals surface area (Å²) < 4.78 is 33.5. The summed E-state index contributed by atoms with van der Waals surface area (Å²) >= 11 is 1.14. The van der Waals surface area contributed by atoms with E-state index in [1.807, 2.05) is 24.3 Å². The monoisotopic (exact) mass is 298 g/mol. The van der Waals surface area contributed by atoms with Crippen LogP contribution in [0.25, 0.3) is 0 Å². The van der Waals surface area contributed by atoms with Crippen LogP contribution in [0, 0.1) is 0 Å². The van der Waals surface area contributed by atoms with Crippen molar-refractivity contribution in [3.05, 3.63) is 41.3 Å². The van der Waals surface area contributed by atoms with E-state index in [0.29, 0.717) is 13.0 Å². The van der Waals surface area contributed by atoms with Gasteiger partial charge in [0.25, 0.3) is 0 Å². The molecule has 1 aliphatic rings. The van der Waals surface area contributed by atoms with E-state index in [1.165, 1.54) is 9.93 Å². The number of nitrogens with zero attached hydrogens (tertiary/aromatic N) is 2. The molecule has 5 nitrogen and oxygen atoms in total. The van der Waals surface area contributed by atoms with E-state index in [9.17, 15) is 8.42 Å². The summed E-state index contributed by atoms with van der Waals surface area (Å²) in [5.74, 6) is 0.771. The normalized spacial score (nSPS) is 16.3. The topological polar surface area (TPSA) is 59.0 Å². The van der Waals surface area contributed by atoms with Crippen LogP contribution in [0.15, 0.2) is 40.1 Å². The van der Waals surface area contributed by atoms with Crippen LogP contribution in [0.2, 0.25) is 0 Å². The maximum atomic E-state index is 11.8. The summed E-state index contributed by atoms with van der Waals surface area (Å²) in [5.41, 5.74) is 0.979. The van der Waals surface area contributed by atoms with Gasteiger partial charge in [0.05, 0.1) is 7.11 Å². The van der Waals surface area contributed by atoms with Crippen molar-refractivity contribution in [1.82, 2.24) is 3.71 Å². The summed E-state index contributed by atoms with van der Waals surface area (Å²) in [5, 5.41) is 1.73. The van der Waals surface area contributed by atoms with Crippen molar-refractivity contribution in [3.63, 3.8) is 0 Å². The minimum atomic E-state index is -3.56. The lowest BCUT2D eigenvalue weighted by Crippen LogP contribution is -2.19. The number of benzene rings is 1. The fraction of sp³-hybridized carbons (Fsp3) is 0.250. The minimum absolute atomic E-state index is 0.368. The summed E-state index contributed by atoms with van der Waals surface area (Å²) in [6.07, 6.45) is 3.66. The molecule has 0 aromatic heterocycles. The van der Waals surface area contributed by atoms with Gasteiger partial charge >= 0.3 is 10.2 Å². The standard InChI is InChI=1S/C12H14N2O3S2/c1-17-12-5-3-11(4-6-12)7-8-13-19(15,16)14-9-2-10-18-14/h2-6,8,10H,7,9H2,1H3. The molecule has 0 fully saturated rings. The predicted molar refractivity (Wildman–Crippen MR) is 77.5 cm³/mol. The van der Waals surface area contributed by atoms with E-state index in [4.69, 9.17) is 4.74 Å². The number of hydrogen-bond donors (Lipinski definition) is 0. The molecule has 1 aliphatic heterocycles. The fourth-order valence-electron chi connectivity index (χ4n) is 1.48. The SMILES string of the molecule is COc1ccc(CC=NS(=O)(=O)N2CC=CS2)cc1. The van der Waals surface area contributed by atoms with Gasteiger partial charge in [0.1, 0.15) is 5.75 Å². The first-order chi connectivity index (χ1) is 9.12. The molecule has 0 radical (unpaired) electrons. The largest absolute Gasteiger partial charge is 0.497 e. The third-order valence-corrected chi connectivity index (χ3v) is 5.08. The smallest absolute Gasteiger partial charge is 0.331 e. The van der Waals surface area contributed by atoms with Crippen molar-refractivity contribution in [2.75, 3.05) is 13.7 Å². The maximum absolute atomic E-state index is 11.8. The summed E-state index contributed by atoms with van der Waals surface area (Å²) in [4.78, 5) is 0.